The van der Waals surface area contributed by atoms with Gasteiger partial charge in [0.2, 0.25) is 0 Å². The van der Waals surface area contributed by atoms with Crippen LogP contribution in [0.1, 0.15) is 23.7 Å². The van der Waals surface area contributed by atoms with Crippen LogP contribution in [0.4, 0.5) is 27.6 Å². The van der Waals surface area contributed by atoms with Gasteiger partial charge in [-0.1, -0.05) is 6.92 Å². The van der Waals surface area contributed by atoms with E-state index in [1.165, 1.54) is 9.80 Å². The molecule has 2 aromatic carbocycles. The summed E-state index contributed by atoms with van der Waals surface area (Å²) in [5.74, 6) is -3.69. The minimum atomic E-state index is -4.70. The maximum Gasteiger partial charge on any atom is 0.422 e. The van der Waals surface area contributed by atoms with Crippen LogP contribution in [-0.4, -0.2) is 78.6 Å². The van der Waals surface area contributed by atoms with Crippen molar-refractivity contribution in [2.24, 2.45) is 0 Å². The highest BCUT2D eigenvalue weighted by Crippen LogP contribution is 2.30. The predicted molar refractivity (Wildman–Crippen MR) is 128 cm³/mol. The maximum absolute atomic E-state index is 14.8. The first-order chi connectivity index (χ1) is 17.5. The number of carbonyl (C=O) groups excluding carboxylic acids is 1. The van der Waals surface area contributed by atoms with Gasteiger partial charge >= 0.3 is 6.18 Å². The number of hydrogen-bond donors (Lipinski definition) is 0. The average molecular weight is 585 g/mol. The van der Waals surface area contributed by atoms with Gasteiger partial charge in [-0.3, -0.25) is 4.79 Å². The summed E-state index contributed by atoms with van der Waals surface area (Å²) in [5, 5.41) is 0. The minimum Gasteiger partial charge on any atom is -0.483 e. The van der Waals surface area contributed by atoms with E-state index in [1.54, 1.807) is 6.92 Å². The van der Waals surface area contributed by atoms with Crippen LogP contribution in [-0.2, 0) is 19.7 Å². The van der Waals surface area contributed by atoms with Gasteiger partial charge in [-0.15, -0.1) is 0 Å². The van der Waals surface area contributed by atoms with Crippen molar-refractivity contribution in [2.45, 2.75) is 29.3 Å². The summed E-state index contributed by atoms with van der Waals surface area (Å²) in [7, 11) is -7.80. The summed E-state index contributed by atoms with van der Waals surface area (Å²) in [4.78, 5) is 14.7. The lowest BCUT2D eigenvalue weighted by Gasteiger charge is -2.36. The molecule has 3 rings (SSSR count). The quantitative estimate of drug-likeness (QED) is 0.438. The largest absolute Gasteiger partial charge is 0.483 e. The minimum absolute atomic E-state index is 0.0202. The number of rotatable bonds is 8. The lowest BCUT2D eigenvalue weighted by Crippen LogP contribution is -2.49. The fraction of sp³-hybridized carbons (Fsp3) is 0.435. The molecule has 210 valence electrons. The average Bonchev–Trinajstić information content (AvgIpc) is 2.82. The molecule has 1 heterocycles. The Morgan fingerprint density at radius 2 is 1.61 bits per heavy atom. The predicted octanol–water partition coefficient (Wildman–Crippen LogP) is 3.46. The number of amides is 1. The van der Waals surface area contributed by atoms with Crippen molar-refractivity contribution in [1.29, 1.82) is 0 Å². The summed E-state index contributed by atoms with van der Waals surface area (Å²) in [6.45, 7) is -0.297. The van der Waals surface area contributed by atoms with Gasteiger partial charge in [-0.25, -0.2) is 25.6 Å². The van der Waals surface area contributed by atoms with Crippen LogP contribution in [0, 0.1) is 11.6 Å². The summed E-state index contributed by atoms with van der Waals surface area (Å²) >= 11 is 0. The van der Waals surface area contributed by atoms with Crippen molar-refractivity contribution in [1.82, 2.24) is 4.90 Å². The van der Waals surface area contributed by atoms with Crippen molar-refractivity contribution in [3.8, 4) is 5.75 Å². The molecular formula is C23H25F5N2O6S2. The van der Waals surface area contributed by atoms with Crippen LogP contribution < -0.4 is 9.64 Å². The Morgan fingerprint density at radius 3 is 2.16 bits per heavy atom. The molecule has 0 aliphatic carbocycles. The van der Waals surface area contributed by atoms with E-state index in [0.717, 1.165) is 30.5 Å². The highest BCUT2D eigenvalue weighted by Gasteiger charge is 2.32. The summed E-state index contributed by atoms with van der Waals surface area (Å²) in [6, 6.07) is 4.32. The van der Waals surface area contributed by atoms with E-state index in [-0.39, 0.29) is 48.9 Å². The molecule has 38 heavy (non-hydrogen) atoms. The molecule has 0 radical (unpaired) electrons. The Kier molecular flexibility index (Phi) is 8.61. The van der Waals surface area contributed by atoms with Gasteiger partial charge in [-0.2, -0.15) is 13.2 Å². The number of alkyl halides is 3. The van der Waals surface area contributed by atoms with Crippen LogP contribution >= 0.6 is 0 Å². The second kappa shape index (κ2) is 11.0. The second-order valence-electron chi connectivity index (χ2n) is 8.67. The van der Waals surface area contributed by atoms with Crippen molar-refractivity contribution in [2.75, 3.05) is 49.7 Å². The van der Waals surface area contributed by atoms with E-state index in [1.807, 2.05) is 0 Å². The number of hydrogen-bond acceptors (Lipinski definition) is 7. The summed E-state index contributed by atoms with van der Waals surface area (Å²) in [5.41, 5.74) is -0.605. The first-order valence-electron chi connectivity index (χ1n) is 11.3. The zero-order valence-electron chi connectivity index (χ0n) is 20.4. The summed E-state index contributed by atoms with van der Waals surface area (Å²) < 4.78 is 120. The van der Waals surface area contributed by atoms with Gasteiger partial charge in [0.25, 0.3) is 5.91 Å². The van der Waals surface area contributed by atoms with Crippen LogP contribution in [0.25, 0.3) is 0 Å². The smallest absolute Gasteiger partial charge is 0.422 e. The molecule has 2 aromatic rings. The Labute approximate surface area is 216 Å². The van der Waals surface area contributed by atoms with Crippen LogP contribution in [0.5, 0.6) is 5.75 Å². The lowest BCUT2D eigenvalue weighted by molar-refractivity contribution is -0.153. The molecular weight excluding hydrogens is 559 g/mol. The molecule has 0 atom stereocenters. The molecule has 1 fully saturated rings. The van der Waals surface area contributed by atoms with Gasteiger partial charge in [0.15, 0.2) is 26.3 Å². The standard InChI is InChI=1S/C23H25F5N2O6S2/c1-3-10-38(34,35)21-13-17(24)19(12-18(21)25)29-6-8-30(9-7-29)22(31)16-11-15(37(2,32)33)4-5-20(16)36-14-23(26,27)28/h4-5,11-13H,3,6-10,14H2,1-2H3. The van der Waals surface area contributed by atoms with Crippen LogP contribution in [0.3, 0.4) is 0 Å². The lowest BCUT2D eigenvalue weighted by atomic mass is 10.1. The molecule has 0 unspecified atom stereocenters. The van der Waals surface area contributed by atoms with Crippen molar-refractivity contribution >= 4 is 31.3 Å². The molecule has 0 aromatic heterocycles. The van der Waals surface area contributed by atoms with E-state index in [0.29, 0.717) is 6.07 Å². The van der Waals surface area contributed by atoms with Gasteiger partial charge < -0.3 is 14.5 Å². The SMILES string of the molecule is CCCS(=O)(=O)c1cc(F)c(N2CCN(C(=O)c3cc(S(C)(=O)=O)ccc3OCC(F)(F)F)CC2)cc1F. The van der Waals surface area contributed by atoms with E-state index in [4.69, 9.17) is 4.74 Å². The molecule has 0 spiro atoms. The molecule has 0 N–H and O–H groups in total. The van der Waals surface area contributed by atoms with Crippen molar-refractivity contribution in [3.05, 3.63) is 47.5 Å². The maximum atomic E-state index is 14.8. The third kappa shape index (κ3) is 6.92. The zero-order chi connectivity index (χ0) is 28.5. The first-order valence-corrected chi connectivity index (χ1v) is 14.9. The molecule has 1 saturated heterocycles. The number of benzene rings is 2. The number of sulfone groups is 2. The Bertz CT molecular complexity index is 1420. The van der Waals surface area contributed by atoms with Crippen LogP contribution in [0.15, 0.2) is 40.1 Å². The molecule has 1 amide bonds. The monoisotopic (exact) mass is 584 g/mol. The number of ether oxygens (including phenoxy) is 1. The number of carbonyl (C=O) groups is 1. The number of piperazine rings is 1. The third-order valence-electron chi connectivity index (χ3n) is 5.72. The molecule has 8 nitrogen and oxygen atoms in total. The first kappa shape index (κ1) is 29.6. The van der Waals surface area contributed by atoms with E-state index >= 15 is 0 Å². The Balaban J connectivity index is 1.82. The number of nitrogens with zero attached hydrogens (tertiary/aromatic N) is 2. The van der Waals surface area contributed by atoms with Gasteiger partial charge in [0.05, 0.1) is 21.9 Å². The van der Waals surface area contributed by atoms with E-state index in [9.17, 15) is 43.6 Å². The van der Waals surface area contributed by atoms with Crippen molar-refractivity contribution in [3.63, 3.8) is 0 Å². The highest BCUT2D eigenvalue weighted by atomic mass is 32.2. The third-order valence-corrected chi connectivity index (χ3v) is 8.76. The fourth-order valence-electron chi connectivity index (χ4n) is 3.89. The molecule has 15 heteroatoms. The molecule has 1 aliphatic rings. The fourth-order valence-corrected chi connectivity index (χ4v) is 5.93. The van der Waals surface area contributed by atoms with Crippen molar-refractivity contribution < 1.29 is 48.3 Å². The second-order valence-corrected chi connectivity index (χ2v) is 12.8. The Morgan fingerprint density at radius 1 is 0.974 bits per heavy atom. The normalized spacial score (nSPS) is 15.0. The highest BCUT2D eigenvalue weighted by molar-refractivity contribution is 7.91. The summed E-state index contributed by atoms with van der Waals surface area (Å²) in [6.07, 6.45) is -3.61. The number of anilines is 1. The van der Waals surface area contributed by atoms with E-state index < -0.39 is 66.2 Å². The van der Waals surface area contributed by atoms with Gasteiger partial charge in [0, 0.05) is 38.5 Å². The molecule has 0 saturated carbocycles. The van der Waals surface area contributed by atoms with Gasteiger partial charge in [0.1, 0.15) is 22.3 Å². The molecule has 1 aliphatic heterocycles. The number of halogens is 5. The topological polar surface area (TPSA) is 101 Å². The van der Waals surface area contributed by atoms with E-state index in [2.05, 4.69) is 0 Å². The Hall–Kier alpha value is -2.94. The molecule has 0 bridgehead atoms. The zero-order valence-corrected chi connectivity index (χ0v) is 22.0. The van der Waals surface area contributed by atoms with Crippen LogP contribution in [0.2, 0.25) is 0 Å². The van der Waals surface area contributed by atoms with Gasteiger partial charge in [-0.05, 0) is 30.7 Å².